The highest BCUT2D eigenvalue weighted by Crippen LogP contribution is 2.25. The zero-order valence-electron chi connectivity index (χ0n) is 11.1. The fraction of sp³-hybridized carbons (Fsp3) is 0.400. The average molecular weight is 246 g/mol. The normalized spacial score (nSPS) is 12.5. The highest BCUT2D eigenvalue weighted by atomic mass is 28.3. The Kier molecular flexibility index (Phi) is 5.36. The van der Waals surface area contributed by atoms with E-state index in [1.165, 1.54) is 18.1 Å². The summed E-state index contributed by atoms with van der Waals surface area (Å²) in [5.74, 6) is 0. The molecule has 0 N–H and O–H groups in total. The number of allylic oxidation sites excluding steroid dienone is 1. The Labute approximate surface area is 106 Å². The summed E-state index contributed by atoms with van der Waals surface area (Å²) in [7, 11) is -1.38. The lowest BCUT2D eigenvalue weighted by molar-refractivity contribution is -0.103. The summed E-state index contributed by atoms with van der Waals surface area (Å²) in [5.41, 5.74) is 4.23. The van der Waals surface area contributed by atoms with Gasteiger partial charge in [0.25, 0.3) is 0 Å². The number of carbonyl (C=O) groups excluding carboxylic acids is 1. The van der Waals surface area contributed by atoms with E-state index < -0.39 is 8.07 Å². The van der Waals surface area contributed by atoms with E-state index in [9.17, 15) is 4.79 Å². The van der Waals surface area contributed by atoms with E-state index in [2.05, 4.69) is 26.5 Å². The molecule has 1 rings (SSSR count). The van der Waals surface area contributed by atoms with E-state index in [0.29, 0.717) is 0 Å². The van der Waals surface area contributed by atoms with Crippen LogP contribution in [0.2, 0.25) is 18.1 Å². The molecule has 0 fully saturated rings. The van der Waals surface area contributed by atoms with Gasteiger partial charge in [-0.3, -0.25) is 4.79 Å². The summed E-state index contributed by atoms with van der Waals surface area (Å²) < 4.78 is 0. The molecule has 0 radical (unpaired) electrons. The van der Waals surface area contributed by atoms with Gasteiger partial charge in [0.15, 0.2) is 0 Å². The molecule has 0 amide bonds. The van der Waals surface area contributed by atoms with Crippen LogP contribution in [0.1, 0.15) is 26.3 Å². The van der Waals surface area contributed by atoms with Crippen LogP contribution >= 0.6 is 0 Å². The number of benzene rings is 1. The molecular weight excluding hydrogens is 224 g/mol. The highest BCUT2D eigenvalue weighted by Gasteiger charge is 2.24. The quantitative estimate of drug-likeness (QED) is 0.415. The molecule has 0 aliphatic carbocycles. The van der Waals surface area contributed by atoms with Gasteiger partial charge in [0, 0.05) is 5.57 Å². The van der Waals surface area contributed by atoms with Crippen LogP contribution in [0.25, 0.3) is 5.57 Å². The molecule has 0 aromatic heterocycles. The minimum absolute atomic E-state index is 0.878. The number of aldehydes is 1. The van der Waals surface area contributed by atoms with Crippen molar-refractivity contribution in [2.24, 2.45) is 0 Å². The van der Waals surface area contributed by atoms with Gasteiger partial charge in [0.1, 0.15) is 6.29 Å². The molecule has 0 saturated heterocycles. The first-order valence-electron chi connectivity index (χ1n) is 6.44. The maximum atomic E-state index is 11.3. The van der Waals surface area contributed by atoms with Crippen LogP contribution in [0.5, 0.6) is 0 Å². The first kappa shape index (κ1) is 13.9. The molecule has 17 heavy (non-hydrogen) atoms. The van der Waals surface area contributed by atoms with Crippen molar-refractivity contribution in [3.05, 3.63) is 41.6 Å². The Bertz CT molecular complexity index is 369. The van der Waals surface area contributed by atoms with Crippen LogP contribution in [0.4, 0.5) is 0 Å². The van der Waals surface area contributed by atoms with Gasteiger partial charge in [-0.2, -0.15) is 0 Å². The summed E-state index contributed by atoms with van der Waals surface area (Å²) >= 11 is 0. The van der Waals surface area contributed by atoms with Gasteiger partial charge in [-0.25, -0.2) is 0 Å². The summed E-state index contributed by atoms with van der Waals surface area (Å²) in [4.78, 5) is 11.3. The SMILES string of the molecule is CC[Si](/C=C(\C=O)c1ccccc1)(CC)CC. The van der Waals surface area contributed by atoms with E-state index in [0.717, 1.165) is 17.4 Å². The lowest BCUT2D eigenvalue weighted by Crippen LogP contribution is -2.29. The topological polar surface area (TPSA) is 17.1 Å². The van der Waals surface area contributed by atoms with Gasteiger partial charge in [-0.15, -0.1) is 0 Å². The second kappa shape index (κ2) is 6.55. The molecule has 0 aliphatic heterocycles. The Morgan fingerprint density at radius 2 is 1.59 bits per heavy atom. The third-order valence-corrected chi connectivity index (χ3v) is 8.96. The average Bonchev–Trinajstić information content (AvgIpc) is 2.42. The van der Waals surface area contributed by atoms with Crippen molar-refractivity contribution in [1.29, 1.82) is 0 Å². The fourth-order valence-corrected chi connectivity index (χ4v) is 5.21. The zero-order valence-corrected chi connectivity index (χ0v) is 12.1. The molecule has 0 spiro atoms. The third-order valence-electron chi connectivity index (χ3n) is 3.81. The predicted octanol–water partition coefficient (Wildman–Crippen LogP) is 4.32. The first-order chi connectivity index (χ1) is 8.21. The molecule has 0 heterocycles. The monoisotopic (exact) mass is 246 g/mol. The Balaban J connectivity index is 3.13. The minimum atomic E-state index is -1.38. The van der Waals surface area contributed by atoms with Crippen LogP contribution in [0.3, 0.4) is 0 Å². The predicted molar refractivity (Wildman–Crippen MR) is 77.7 cm³/mol. The second-order valence-electron chi connectivity index (χ2n) is 4.51. The fourth-order valence-electron chi connectivity index (χ4n) is 2.20. The second-order valence-corrected chi connectivity index (χ2v) is 9.64. The number of rotatable bonds is 6. The van der Waals surface area contributed by atoms with Crippen molar-refractivity contribution < 1.29 is 4.79 Å². The lowest BCUT2D eigenvalue weighted by atomic mass is 10.1. The van der Waals surface area contributed by atoms with Gasteiger partial charge < -0.3 is 0 Å². The van der Waals surface area contributed by atoms with Gasteiger partial charge >= 0.3 is 0 Å². The molecule has 0 unspecified atom stereocenters. The van der Waals surface area contributed by atoms with E-state index in [1.807, 2.05) is 30.3 Å². The number of carbonyl (C=O) groups is 1. The summed E-state index contributed by atoms with van der Waals surface area (Å²) in [6, 6.07) is 13.6. The molecule has 1 nitrogen and oxygen atoms in total. The van der Waals surface area contributed by atoms with Gasteiger partial charge in [0.05, 0.1) is 8.07 Å². The van der Waals surface area contributed by atoms with Gasteiger partial charge in [-0.1, -0.05) is 74.9 Å². The number of hydrogen-bond donors (Lipinski definition) is 0. The number of hydrogen-bond acceptors (Lipinski definition) is 1. The van der Waals surface area contributed by atoms with Crippen molar-refractivity contribution in [2.75, 3.05) is 0 Å². The molecule has 92 valence electrons. The molecule has 2 heteroatoms. The summed E-state index contributed by atoms with van der Waals surface area (Å²) in [6.07, 6.45) is 1.01. The maximum Gasteiger partial charge on any atom is 0.149 e. The standard InChI is InChI=1S/C15H22OSi/c1-4-17(5-2,6-3)13-15(12-16)14-10-8-7-9-11-14/h7-13H,4-6H2,1-3H3/b15-13+. The third kappa shape index (κ3) is 3.40. The molecule has 0 atom stereocenters. The van der Waals surface area contributed by atoms with Crippen LogP contribution in [-0.4, -0.2) is 14.4 Å². The molecule has 0 aliphatic rings. The Hall–Kier alpha value is -1.15. The molecule has 1 aromatic rings. The Morgan fingerprint density at radius 3 is 2.00 bits per heavy atom. The largest absolute Gasteiger partial charge is 0.298 e. The van der Waals surface area contributed by atoms with Crippen molar-refractivity contribution in [3.8, 4) is 0 Å². The first-order valence-corrected chi connectivity index (χ1v) is 9.14. The van der Waals surface area contributed by atoms with Crippen LogP contribution in [0.15, 0.2) is 36.0 Å². The highest BCUT2D eigenvalue weighted by molar-refractivity contribution is 6.85. The van der Waals surface area contributed by atoms with Crippen molar-refractivity contribution in [3.63, 3.8) is 0 Å². The van der Waals surface area contributed by atoms with Crippen molar-refractivity contribution in [2.45, 2.75) is 38.9 Å². The van der Waals surface area contributed by atoms with Gasteiger partial charge in [-0.05, 0) is 5.56 Å². The lowest BCUT2D eigenvalue weighted by Gasteiger charge is -2.24. The molecule has 0 bridgehead atoms. The van der Waals surface area contributed by atoms with E-state index in [4.69, 9.17) is 0 Å². The Morgan fingerprint density at radius 1 is 1.06 bits per heavy atom. The van der Waals surface area contributed by atoms with E-state index in [-0.39, 0.29) is 0 Å². The summed E-state index contributed by atoms with van der Waals surface area (Å²) in [5, 5.41) is 0. The van der Waals surface area contributed by atoms with E-state index >= 15 is 0 Å². The van der Waals surface area contributed by atoms with Crippen molar-refractivity contribution in [1.82, 2.24) is 0 Å². The molecule has 0 saturated carbocycles. The van der Waals surface area contributed by atoms with Gasteiger partial charge in [0.2, 0.25) is 0 Å². The zero-order chi connectivity index (χ0) is 12.7. The smallest absolute Gasteiger partial charge is 0.149 e. The molecular formula is C15H22OSi. The van der Waals surface area contributed by atoms with E-state index in [1.54, 1.807) is 0 Å². The van der Waals surface area contributed by atoms with Crippen LogP contribution in [-0.2, 0) is 4.79 Å². The molecule has 1 aromatic carbocycles. The van der Waals surface area contributed by atoms with Crippen LogP contribution < -0.4 is 0 Å². The van der Waals surface area contributed by atoms with Crippen LogP contribution in [0, 0.1) is 0 Å². The maximum absolute atomic E-state index is 11.3. The minimum Gasteiger partial charge on any atom is -0.298 e. The summed E-state index contributed by atoms with van der Waals surface area (Å²) in [6.45, 7) is 6.76. The van der Waals surface area contributed by atoms with Crippen molar-refractivity contribution >= 4 is 19.9 Å².